The number of rotatable bonds is 3. The highest BCUT2D eigenvalue weighted by Gasteiger charge is 2.37. The molecule has 2 aliphatic rings. The van der Waals surface area contributed by atoms with E-state index in [0.29, 0.717) is 37.8 Å². The van der Waals surface area contributed by atoms with Gasteiger partial charge in [-0.15, -0.1) is 0 Å². The minimum Gasteiger partial charge on any atom is -0.353 e. The minimum absolute atomic E-state index is 0.0390. The Morgan fingerprint density at radius 2 is 1.63 bits per heavy atom. The molecule has 4 rings (SSSR count). The lowest BCUT2D eigenvalue weighted by Gasteiger charge is -2.36. The summed E-state index contributed by atoms with van der Waals surface area (Å²) in [6.07, 6.45) is -1.35. The van der Waals surface area contributed by atoms with Crippen LogP contribution in [0.15, 0.2) is 23.3 Å². The van der Waals surface area contributed by atoms with E-state index < -0.39 is 11.9 Å². The first-order valence-corrected chi connectivity index (χ1v) is 8.80. The average Bonchev–Trinajstić information content (AvgIpc) is 3.48. The van der Waals surface area contributed by atoms with Crippen molar-refractivity contribution in [2.45, 2.75) is 24.9 Å². The molecule has 2 aromatic heterocycles. The molecule has 1 aliphatic carbocycles. The fourth-order valence-electron chi connectivity index (χ4n) is 3.07. The zero-order valence-corrected chi connectivity index (χ0v) is 14.8. The van der Waals surface area contributed by atoms with Crippen LogP contribution in [0.3, 0.4) is 0 Å². The molecule has 3 heterocycles. The molecule has 7 nitrogen and oxygen atoms in total. The quantitative estimate of drug-likeness (QED) is 0.809. The third kappa shape index (κ3) is 3.74. The van der Waals surface area contributed by atoms with E-state index in [1.807, 2.05) is 9.80 Å². The molecule has 0 amide bonds. The maximum atomic E-state index is 13.2. The van der Waals surface area contributed by atoms with Crippen LogP contribution in [0, 0.1) is 0 Å². The van der Waals surface area contributed by atoms with Gasteiger partial charge in [0.05, 0.1) is 6.33 Å². The van der Waals surface area contributed by atoms with Crippen LogP contribution in [0.25, 0.3) is 0 Å². The van der Waals surface area contributed by atoms with Gasteiger partial charge in [0.2, 0.25) is 0 Å². The van der Waals surface area contributed by atoms with Crippen molar-refractivity contribution >= 4 is 11.6 Å². The van der Waals surface area contributed by atoms with Crippen molar-refractivity contribution in [2.24, 2.45) is 7.05 Å². The molecule has 0 N–H and O–H groups in total. The fraction of sp³-hybridized carbons (Fsp3) is 0.529. The molecule has 0 atom stereocenters. The lowest BCUT2D eigenvalue weighted by molar-refractivity contribution is -0.141. The Morgan fingerprint density at radius 1 is 1.00 bits per heavy atom. The van der Waals surface area contributed by atoms with Gasteiger partial charge in [0.1, 0.15) is 23.2 Å². The SMILES string of the molecule is Cn1cnc(N2CCN(c3cc(C(F)(F)F)nc(C4CC4)n3)CC2)cc1=O. The second-order valence-corrected chi connectivity index (χ2v) is 6.91. The van der Waals surface area contributed by atoms with Crippen LogP contribution in [0.2, 0.25) is 0 Å². The predicted molar refractivity (Wildman–Crippen MR) is 92.9 cm³/mol. The molecule has 2 fully saturated rings. The van der Waals surface area contributed by atoms with Gasteiger partial charge in [-0.2, -0.15) is 13.2 Å². The average molecular weight is 380 g/mol. The van der Waals surface area contributed by atoms with Gasteiger partial charge in [0.15, 0.2) is 0 Å². The summed E-state index contributed by atoms with van der Waals surface area (Å²) in [6.45, 7) is 2.08. The van der Waals surface area contributed by atoms with Crippen LogP contribution >= 0.6 is 0 Å². The first kappa shape index (κ1) is 17.7. The third-order valence-corrected chi connectivity index (χ3v) is 4.85. The van der Waals surface area contributed by atoms with E-state index in [1.165, 1.54) is 17.0 Å². The first-order chi connectivity index (χ1) is 12.8. The highest BCUT2D eigenvalue weighted by molar-refractivity contribution is 5.45. The topological polar surface area (TPSA) is 67.2 Å². The summed E-state index contributed by atoms with van der Waals surface area (Å²) < 4.78 is 41.0. The lowest BCUT2D eigenvalue weighted by Crippen LogP contribution is -2.47. The smallest absolute Gasteiger partial charge is 0.353 e. The molecule has 0 unspecified atom stereocenters. The zero-order chi connectivity index (χ0) is 19.2. The van der Waals surface area contributed by atoms with E-state index in [-0.39, 0.29) is 17.3 Å². The monoisotopic (exact) mass is 380 g/mol. The summed E-state index contributed by atoms with van der Waals surface area (Å²) in [5.74, 6) is 1.22. The number of anilines is 2. The number of aryl methyl sites for hydroxylation is 1. The Labute approximate surface area is 153 Å². The Morgan fingerprint density at radius 3 is 2.19 bits per heavy atom. The highest BCUT2D eigenvalue weighted by atomic mass is 19.4. The Balaban J connectivity index is 1.53. The summed E-state index contributed by atoms with van der Waals surface area (Å²) in [5, 5.41) is 0. The zero-order valence-electron chi connectivity index (χ0n) is 14.8. The van der Waals surface area contributed by atoms with Gasteiger partial charge >= 0.3 is 6.18 Å². The highest BCUT2D eigenvalue weighted by Crippen LogP contribution is 2.40. The van der Waals surface area contributed by atoms with Crippen molar-refractivity contribution in [2.75, 3.05) is 36.0 Å². The Bertz CT molecular complexity index is 900. The second-order valence-electron chi connectivity index (χ2n) is 6.91. The number of piperazine rings is 1. The van der Waals surface area contributed by atoms with E-state index in [9.17, 15) is 18.0 Å². The first-order valence-electron chi connectivity index (χ1n) is 8.80. The second kappa shape index (κ2) is 6.50. The maximum Gasteiger partial charge on any atom is 0.433 e. The molecular weight excluding hydrogens is 361 g/mol. The fourth-order valence-corrected chi connectivity index (χ4v) is 3.07. The van der Waals surface area contributed by atoms with E-state index in [4.69, 9.17) is 0 Å². The van der Waals surface area contributed by atoms with Crippen LogP contribution in [0.1, 0.15) is 30.3 Å². The van der Waals surface area contributed by atoms with Crippen molar-refractivity contribution < 1.29 is 13.2 Å². The number of halogens is 3. The summed E-state index contributed by atoms with van der Waals surface area (Å²) >= 11 is 0. The molecule has 27 heavy (non-hydrogen) atoms. The predicted octanol–water partition coefficient (Wildman–Crippen LogP) is 1.79. The summed E-state index contributed by atoms with van der Waals surface area (Å²) in [4.78, 5) is 27.9. The number of alkyl halides is 3. The Hall–Kier alpha value is -2.65. The van der Waals surface area contributed by atoms with Gasteiger partial charge in [0.25, 0.3) is 5.56 Å². The van der Waals surface area contributed by atoms with Crippen molar-refractivity contribution in [3.05, 3.63) is 40.3 Å². The van der Waals surface area contributed by atoms with Crippen LogP contribution in [-0.2, 0) is 13.2 Å². The number of aromatic nitrogens is 4. The van der Waals surface area contributed by atoms with Crippen LogP contribution in [0.4, 0.5) is 24.8 Å². The molecule has 1 aliphatic heterocycles. The summed E-state index contributed by atoms with van der Waals surface area (Å²) in [5.41, 5.74) is -1.04. The largest absolute Gasteiger partial charge is 0.433 e. The molecule has 0 aromatic carbocycles. The standard InChI is InChI=1S/C17H19F3N6O/c1-24-10-21-13(9-15(24)27)25-4-6-26(7-5-25)14-8-12(17(18,19)20)22-16(23-14)11-2-3-11/h8-11H,2-7H2,1H3. The van der Waals surface area contributed by atoms with E-state index >= 15 is 0 Å². The normalized spacial score (nSPS) is 18.1. The molecule has 2 aromatic rings. The number of hydrogen-bond acceptors (Lipinski definition) is 6. The van der Waals surface area contributed by atoms with Gasteiger partial charge < -0.3 is 14.4 Å². The lowest BCUT2D eigenvalue weighted by atomic mass is 10.2. The molecule has 0 bridgehead atoms. The summed E-state index contributed by atoms with van der Waals surface area (Å²) in [6, 6.07) is 2.49. The molecule has 10 heteroatoms. The Kier molecular flexibility index (Phi) is 4.27. The van der Waals surface area contributed by atoms with Crippen molar-refractivity contribution in [3.63, 3.8) is 0 Å². The third-order valence-electron chi connectivity index (χ3n) is 4.85. The van der Waals surface area contributed by atoms with Crippen molar-refractivity contribution in [1.29, 1.82) is 0 Å². The molecule has 0 radical (unpaired) electrons. The van der Waals surface area contributed by atoms with E-state index in [2.05, 4.69) is 15.0 Å². The van der Waals surface area contributed by atoms with Crippen molar-refractivity contribution in [3.8, 4) is 0 Å². The van der Waals surface area contributed by atoms with E-state index in [1.54, 1.807) is 7.05 Å². The molecule has 0 spiro atoms. The molecule has 1 saturated carbocycles. The molecule has 144 valence electrons. The van der Waals surface area contributed by atoms with Gasteiger partial charge in [0, 0.05) is 51.3 Å². The van der Waals surface area contributed by atoms with Crippen LogP contribution < -0.4 is 15.4 Å². The van der Waals surface area contributed by atoms with E-state index in [0.717, 1.165) is 18.9 Å². The van der Waals surface area contributed by atoms with Gasteiger partial charge in [-0.25, -0.2) is 15.0 Å². The summed E-state index contributed by atoms with van der Waals surface area (Å²) in [7, 11) is 1.63. The minimum atomic E-state index is -4.49. The van der Waals surface area contributed by atoms with Crippen molar-refractivity contribution in [1.82, 2.24) is 19.5 Å². The van der Waals surface area contributed by atoms with Gasteiger partial charge in [-0.05, 0) is 12.8 Å². The number of nitrogens with zero attached hydrogens (tertiary/aromatic N) is 6. The number of hydrogen-bond donors (Lipinski definition) is 0. The van der Waals surface area contributed by atoms with Gasteiger partial charge in [-0.3, -0.25) is 4.79 Å². The van der Waals surface area contributed by atoms with Crippen LogP contribution in [0.5, 0.6) is 0 Å². The van der Waals surface area contributed by atoms with Gasteiger partial charge in [-0.1, -0.05) is 0 Å². The molecule has 1 saturated heterocycles. The maximum absolute atomic E-state index is 13.2. The molecular formula is C17H19F3N6O. The van der Waals surface area contributed by atoms with Crippen LogP contribution in [-0.4, -0.2) is 45.7 Å².